The number of furan rings is 2. The van der Waals surface area contributed by atoms with Crippen molar-refractivity contribution in [1.29, 1.82) is 5.26 Å². The van der Waals surface area contributed by atoms with Gasteiger partial charge in [-0.25, -0.2) is 14.6 Å². The van der Waals surface area contributed by atoms with Gasteiger partial charge in [0.05, 0.1) is 90.9 Å². The number of aromatic hydroxyl groups is 1. The molecule has 21 nitrogen and oxygen atoms in total. The number of benzene rings is 7. The molecule has 0 bridgehead atoms. The minimum atomic E-state index is -3.22. The van der Waals surface area contributed by atoms with Gasteiger partial charge in [-0.05, 0) is 142 Å². The predicted molar refractivity (Wildman–Crippen MR) is 395 cm³/mol. The van der Waals surface area contributed by atoms with E-state index >= 15 is 0 Å². The van der Waals surface area contributed by atoms with Gasteiger partial charge in [0.1, 0.15) is 61.5 Å². The Morgan fingerprint density at radius 1 is 0.653 bits per heavy atom. The molecule has 11 aromatic rings. The number of hydrogen-bond donors (Lipinski definition) is 3. The summed E-state index contributed by atoms with van der Waals surface area (Å²) in [7, 11) is 15.6. The Hall–Kier alpha value is -7.63. The fraction of sp³-hybridized carbons (Fsp3) is 0.185. The summed E-state index contributed by atoms with van der Waals surface area (Å²) >= 11 is 45.8. The van der Waals surface area contributed by atoms with Crippen LogP contribution < -0.4 is 24.5 Å². The standard InChI is InChI=1S/C16H10ClNO2.C16H11NO3.C12H13BrO5.C12H14O5.C7H5NO.CCl4.CH4.BHNS.Cl3OP/c1-19-9-6-7-10-12(8-9)16(17)18-14-11-4-2-3-5-13(11)20-15(10)14;1-19-9-6-7-10-12(8-9)16(18)17-14-11-4-2-3-5-13(11)20-15(10)14;1-16-7-4-5-8(10(13)12(15)18-3)9(6-7)11(14)17-2;1-15-9-5-4-8(6-11(13)16-2)10(7-9)12(14)17-3;8-5-6-3-1-2-4-7(6)9;2-1(3,4)5;;1-2-3;1-5(2,3)4/h2-8H,1H3;2-8H,1H3,(H,17,18);4-6,10H,1-3H3;4-5,7H,6H2,1-3H3;1-4,9H;;1H4;3H;. The molecule has 0 amide bonds. The number of aromatic amines is 1. The number of halogens is 9. The van der Waals surface area contributed by atoms with Crippen molar-refractivity contribution < 1.29 is 75.6 Å². The quantitative estimate of drug-likeness (QED) is 0.0218. The summed E-state index contributed by atoms with van der Waals surface area (Å²) < 4.78 is 61.3. The van der Waals surface area contributed by atoms with E-state index in [1.807, 2.05) is 84.9 Å². The van der Waals surface area contributed by atoms with Crippen LogP contribution in [-0.2, 0) is 39.5 Å². The number of phenolic OH excluding ortho intramolecular Hbond substituents is 1. The molecule has 4 aromatic heterocycles. The van der Waals surface area contributed by atoms with Crippen molar-refractivity contribution in [3.63, 3.8) is 0 Å². The zero-order chi connectivity index (χ0) is 72.3. The van der Waals surface area contributed by atoms with Crippen molar-refractivity contribution >= 4 is 223 Å². The van der Waals surface area contributed by atoms with Crippen molar-refractivity contribution in [3.05, 3.63) is 189 Å². The van der Waals surface area contributed by atoms with E-state index in [1.54, 1.807) is 62.8 Å². The number of carbonyl (C=O) groups is 4. The summed E-state index contributed by atoms with van der Waals surface area (Å²) in [5.41, 5.74) is 6.31. The Morgan fingerprint density at radius 3 is 1.59 bits per heavy atom. The molecule has 2 N–H and O–H groups in total. The molecule has 0 saturated heterocycles. The van der Waals surface area contributed by atoms with Crippen LogP contribution >= 0.6 is 126 Å². The summed E-state index contributed by atoms with van der Waals surface area (Å²) in [6, 6.07) is 44.5. The van der Waals surface area contributed by atoms with Gasteiger partial charge in [-0.1, -0.05) is 130 Å². The average Bonchev–Trinajstić information content (AvgIpc) is 1.59. The van der Waals surface area contributed by atoms with E-state index in [1.165, 1.54) is 60.9 Å². The summed E-state index contributed by atoms with van der Waals surface area (Å²) in [6.45, 7) is 0. The third-order valence-electron chi connectivity index (χ3n) is 12.7. The second-order valence-electron chi connectivity index (χ2n) is 18.4. The van der Waals surface area contributed by atoms with E-state index in [4.69, 9.17) is 96.2 Å². The molecule has 0 saturated carbocycles. The van der Waals surface area contributed by atoms with Gasteiger partial charge < -0.3 is 56.8 Å². The molecule has 33 heteroatoms. The van der Waals surface area contributed by atoms with Gasteiger partial charge in [0.25, 0.3) is 8.81 Å². The van der Waals surface area contributed by atoms with E-state index in [2.05, 4.69) is 103 Å². The van der Waals surface area contributed by atoms with E-state index in [0.717, 1.165) is 60.5 Å². The molecule has 98 heavy (non-hydrogen) atoms. The number of methoxy groups -OCH3 is 8. The van der Waals surface area contributed by atoms with Crippen molar-refractivity contribution in [2.24, 2.45) is 4.30 Å². The molecule has 0 aliphatic heterocycles. The summed E-state index contributed by atoms with van der Waals surface area (Å²) in [4.78, 5) is 64.8. The first kappa shape index (κ1) is 84.6. The molecular weight excluding hydrogens is 1550 g/mol. The first-order valence-corrected chi connectivity index (χ1v) is 34.5. The molecule has 0 aliphatic rings. The molecule has 7 aromatic carbocycles. The van der Waals surface area contributed by atoms with E-state index in [9.17, 15) is 28.5 Å². The van der Waals surface area contributed by atoms with Crippen LogP contribution in [0.3, 0.4) is 0 Å². The maximum atomic E-state index is 12.2. The third-order valence-corrected chi connectivity index (χ3v) is 13.8. The van der Waals surface area contributed by atoms with Gasteiger partial charge in [-0.2, -0.15) is 5.26 Å². The second-order valence-corrected chi connectivity index (χ2v) is 30.0. The number of phenols is 1. The Balaban J connectivity index is 0.000000308. The average molecular weight is 1600 g/mol. The van der Waals surface area contributed by atoms with Crippen molar-refractivity contribution in [3.8, 4) is 34.8 Å². The molecule has 4 heterocycles. The molecule has 1 unspecified atom stereocenters. The molecule has 517 valence electrons. The number of ether oxygens (including phenoxy) is 8. The summed E-state index contributed by atoms with van der Waals surface area (Å²) in [5, 5.41) is 19.4. The van der Waals surface area contributed by atoms with E-state index in [0.29, 0.717) is 55.6 Å². The van der Waals surface area contributed by atoms with E-state index < -0.39 is 37.2 Å². The van der Waals surface area contributed by atoms with Gasteiger partial charge in [-0.15, -0.1) is 0 Å². The van der Waals surface area contributed by atoms with Gasteiger partial charge >= 0.3 is 53.8 Å². The number of esters is 4. The number of rotatable bonds is 10. The number of nitrogens with zero attached hydrogens (tertiary/aromatic N) is 3. The fourth-order valence-corrected chi connectivity index (χ4v) is 9.24. The van der Waals surface area contributed by atoms with Crippen molar-refractivity contribution in [2.45, 2.75) is 21.9 Å². The van der Waals surface area contributed by atoms with Crippen molar-refractivity contribution in [2.75, 3.05) is 56.9 Å². The Labute approximate surface area is 615 Å². The van der Waals surface area contributed by atoms with Crippen LogP contribution in [0.2, 0.25) is 5.15 Å². The second kappa shape index (κ2) is 41.1. The van der Waals surface area contributed by atoms with Crippen LogP contribution in [0.15, 0.2) is 164 Å². The Morgan fingerprint density at radius 2 is 1.09 bits per heavy atom. The molecule has 0 spiro atoms. The molecule has 1 radical (unpaired) electrons. The summed E-state index contributed by atoms with van der Waals surface area (Å²) in [5.74, 6) is 0.503. The van der Waals surface area contributed by atoms with Crippen LogP contribution in [0, 0.1) is 11.3 Å². The van der Waals surface area contributed by atoms with Crippen LogP contribution in [0.1, 0.15) is 49.7 Å². The van der Waals surface area contributed by atoms with Gasteiger partial charge in [0.15, 0.2) is 11.2 Å². The van der Waals surface area contributed by atoms with Crippen LogP contribution in [-0.4, -0.2) is 107 Å². The van der Waals surface area contributed by atoms with Crippen molar-refractivity contribution in [1.82, 2.24) is 9.97 Å². The predicted octanol–water partition coefficient (Wildman–Crippen LogP) is 19.0. The molecule has 0 fully saturated rings. The minimum absolute atomic E-state index is 0. The van der Waals surface area contributed by atoms with Gasteiger partial charge in [-0.3, -0.25) is 18.9 Å². The SMILES string of the molecule is C.COC(=O)Cc1ccc(OC)cc1C(=O)OC.COC(=O)c1cc(OC)ccc1C(Br)C(=O)OC.COc1ccc2c(c1)c(=O)[nH]c1c3ccccc3oc21.COc1ccc2c(c1)c(Cl)nc1c3ccccc3oc21.ClC(Cl)(Cl)Cl.N#Cc1ccccc1O.O=P(Cl)(Cl)Cl.[B]=NS. The maximum absolute atomic E-state index is 12.2. The summed E-state index contributed by atoms with van der Waals surface area (Å²) in [6.07, 6.45) is 0.0188. The van der Waals surface area contributed by atoms with E-state index in [-0.39, 0.29) is 30.7 Å². The number of H-pyrrole nitrogens is 1. The molecule has 11 rings (SSSR count). The number of carbonyl (C=O) groups excluding carboxylic acids is 4. The molecular formula is C65H58BBrCl8N4O17PS. The van der Waals surface area contributed by atoms with Gasteiger partial charge in [0.2, 0.25) is 0 Å². The van der Waals surface area contributed by atoms with Gasteiger partial charge in [0, 0.05) is 26.9 Å². The third kappa shape index (κ3) is 25.3. The van der Waals surface area contributed by atoms with Crippen LogP contribution in [0.5, 0.6) is 28.7 Å². The fourth-order valence-electron chi connectivity index (χ4n) is 8.41. The number of para-hydroxylation sites is 3. The number of fused-ring (bicyclic) bond motifs is 10. The number of hydrogen-bond acceptors (Lipinski definition) is 21. The number of nitriles is 1. The molecule has 0 aliphatic carbocycles. The number of thiol groups is 1. The first-order valence-electron chi connectivity index (χ1n) is 26.9. The molecule has 1 atom stereocenters. The topological polar surface area (TPSA) is 288 Å². The number of aromatic nitrogens is 2. The normalized spacial score (nSPS) is 10.6. The number of alkyl halides is 5. The monoisotopic (exact) mass is 1600 g/mol. The number of pyridine rings is 2. The zero-order valence-electron chi connectivity index (χ0n) is 51.8. The number of nitrogens with one attached hydrogen (secondary N) is 1. The Bertz CT molecular complexity index is 4710. The zero-order valence-corrected chi connectivity index (χ0v) is 61.3. The van der Waals surface area contributed by atoms with Crippen LogP contribution in [0.25, 0.3) is 65.7 Å². The Kier molecular flexibility index (Phi) is 35.5. The van der Waals surface area contributed by atoms with Crippen LogP contribution in [0.4, 0.5) is 0 Å². The first-order chi connectivity index (χ1) is 46.0.